The minimum atomic E-state index is -0.817. The Hall–Kier alpha value is -1.36. The summed E-state index contributed by atoms with van der Waals surface area (Å²) < 4.78 is 0. The number of aromatic amines is 1. The van der Waals surface area contributed by atoms with Crippen molar-refractivity contribution in [1.29, 1.82) is 0 Å². The van der Waals surface area contributed by atoms with Crippen LogP contribution in [-0.2, 0) is 17.6 Å². The normalized spacial score (nSPS) is 16.8. The molecule has 1 aromatic rings. The molecule has 0 fully saturated rings. The van der Waals surface area contributed by atoms with Crippen LogP contribution in [0.5, 0.6) is 0 Å². The van der Waals surface area contributed by atoms with E-state index in [1.165, 1.54) is 17.7 Å². The molecule has 0 spiro atoms. The number of aromatic nitrogens is 2. The molecule has 0 radical (unpaired) electrons. The van der Waals surface area contributed by atoms with Gasteiger partial charge in [0.1, 0.15) is 0 Å². The van der Waals surface area contributed by atoms with Crippen LogP contribution in [0.25, 0.3) is 0 Å². The van der Waals surface area contributed by atoms with Gasteiger partial charge < -0.3 is 10.8 Å². The molecule has 1 unspecified atom stereocenters. The summed E-state index contributed by atoms with van der Waals surface area (Å²) in [6.07, 6.45) is 4.42. The van der Waals surface area contributed by atoms with E-state index >= 15 is 0 Å². The number of rotatable bonds is 4. The highest BCUT2D eigenvalue weighted by molar-refractivity contribution is 5.68. The van der Waals surface area contributed by atoms with Gasteiger partial charge in [-0.2, -0.15) is 5.10 Å². The number of fused-ring (bicyclic) bond motifs is 1. The third-order valence-corrected chi connectivity index (χ3v) is 3.18. The maximum Gasteiger partial charge on any atom is 0.304 e. The molecule has 1 atom stereocenters. The van der Waals surface area contributed by atoms with Gasteiger partial charge >= 0.3 is 5.97 Å². The van der Waals surface area contributed by atoms with E-state index in [2.05, 4.69) is 10.2 Å². The number of hydrogen-bond acceptors (Lipinski definition) is 3. The summed E-state index contributed by atoms with van der Waals surface area (Å²) >= 11 is 0. The van der Waals surface area contributed by atoms with Crippen LogP contribution in [0, 0.1) is 0 Å². The van der Waals surface area contributed by atoms with Gasteiger partial charge in [0.05, 0.1) is 12.1 Å². The van der Waals surface area contributed by atoms with E-state index in [1.54, 1.807) is 0 Å². The van der Waals surface area contributed by atoms with Crippen LogP contribution < -0.4 is 5.73 Å². The molecule has 16 heavy (non-hydrogen) atoms. The van der Waals surface area contributed by atoms with Crippen molar-refractivity contribution >= 4 is 5.97 Å². The van der Waals surface area contributed by atoms with E-state index in [1.807, 2.05) is 0 Å². The summed E-state index contributed by atoms with van der Waals surface area (Å²) in [7, 11) is 0. The van der Waals surface area contributed by atoms with Gasteiger partial charge in [-0.25, -0.2) is 0 Å². The highest BCUT2D eigenvalue weighted by Crippen LogP contribution is 2.28. The number of carboxylic acids is 1. The first-order valence-corrected chi connectivity index (χ1v) is 5.70. The lowest BCUT2D eigenvalue weighted by molar-refractivity contribution is -0.137. The minimum absolute atomic E-state index is 0.0633. The Morgan fingerprint density at radius 2 is 2.25 bits per heavy atom. The molecule has 5 nitrogen and oxygen atoms in total. The Kier molecular flexibility index (Phi) is 3.24. The summed E-state index contributed by atoms with van der Waals surface area (Å²) in [6.45, 7) is 0.337. The summed E-state index contributed by atoms with van der Waals surface area (Å²) in [5, 5.41) is 16.1. The molecule has 1 heterocycles. The van der Waals surface area contributed by atoms with E-state index in [0.717, 1.165) is 25.0 Å². The molecule has 1 aliphatic carbocycles. The van der Waals surface area contributed by atoms with Gasteiger partial charge in [-0.05, 0) is 31.2 Å². The molecule has 4 N–H and O–H groups in total. The molecule has 0 bridgehead atoms. The number of H-pyrrole nitrogens is 1. The Balaban J connectivity index is 2.24. The fourth-order valence-corrected chi connectivity index (χ4v) is 2.35. The van der Waals surface area contributed by atoms with Gasteiger partial charge in [0, 0.05) is 18.2 Å². The topological polar surface area (TPSA) is 92.0 Å². The molecule has 5 heteroatoms. The number of aliphatic carboxylic acids is 1. The summed E-state index contributed by atoms with van der Waals surface area (Å²) in [5.74, 6) is -0.974. The van der Waals surface area contributed by atoms with E-state index in [0.29, 0.717) is 6.54 Å². The molecule has 0 aromatic carbocycles. The minimum Gasteiger partial charge on any atom is -0.481 e. The number of aryl methyl sites for hydroxylation is 1. The maximum atomic E-state index is 10.7. The highest BCUT2D eigenvalue weighted by Gasteiger charge is 2.24. The first-order chi connectivity index (χ1) is 7.72. The first-order valence-electron chi connectivity index (χ1n) is 5.70. The van der Waals surface area contributed by atoms with Crippen molar-refractivity contribution < 1.29 is 9.90 Å². The van der Waals surface area contributed by atoms with Crippen molar-refractivity contribution in [2.75, 3.05) is 6.54 Å². The molecule has 2 rings (SSSR count). The lowest BCUT2D eigenvalue weighted by Crippen LogP contribution is -2.18. The first kappa shape index (κ1) is 11.1. The molecule has 1 aromatic heterocycles. The summed E-state index contributed by atoms with van der Waals surface area (Å²) in [5.41, 5.74) is 8.89. The zero-order chi connectivity index (χ0) is 11.5. The number of carboxylic acid groups (broad SMARTS) is 1. The number of carbonyl (C=O) groups is 1. The van der Waals surface area contributed by atoms with Crippen molar-refractivity contribution in [2.45, 2.75) is 38.0 Å². The Labute approximate surface area is 94.0 Å². The van der Waals surface area contributed by atoms with Crippen LogP contribution in [0.3, 0.4) is 0 Å². The summed E-state index contributed by atoms with van der Waals surface area (Å²) in [6, 6.07) is 0. The third kappa shape index (κ3) is 2.09. The summed E-state index contributed by atoms with van der Waals surface area (Å²) in [4.78, 5) is 10.7. The maximum absolute atomic E-state index is 10.7. The van der Waals surface area contributed by atoms with E-state index in [9.17, 15) is 4.79 Å². The molecular weight excluding hydrogens is 206 g/mol. The Bertz CT molecular complexity index is 387. The van der Waals surface area contributed by atoms with Crippen LogP contribution in [0.15, 0.2) is 0 Å². The largest absolute Gasteiger partial charge is 0.481 e. The quantitative estimate of drug-likeness (QED) is 0.704. The Morgan fingerprint density at radius 1 is 1.50 bits per heavy atom. The Morgan fingerprint density at radius 3 is 2.94 bits per heavy atom. The van der Waals surface area contributed by atoms with Gasteiger partial charge in [-0.15, -0.1) is 0 Å². The van der Waals surface area contributed by atoms with Crippen molar-refractivity contribution in [3.05, 3.63) is 17.0 Å². The fraction of sp³-hybridized carbons (Fsp3) is 0.636. The van der Waals surface area contributed by atoms with Gasteiger partial charge in [-0.3, -0.25) is 9.89 Å². The van der Waals surface area contributed by atoms with Crippen LogP contribution >= 0.6 is 0 Å². The van der Waals surface area contributed by atoms with Crippen LogP contribution in [0.4, 0.5) is 0 Å². The van der Waals surface area contributed by atoms with E-state index in [4.69, 9.17) is 10.8 Å². The highest BCUT2D eigenvalue weighted by atomic mass is 16.4. The van der Waals surface area contributed by atoms with Crippen LogP contribution in [0.1, 0.15) is 42.1 Å². The molecule has 0 saturated heterocycles. The van der Waals surface area contributed by atoms with Crippen molar-refractivity contribution in [2.24, 2.45) is 5.73 Å². The van der Waals surface area contributed by atoms with E-state index < -0.39 is 5.97 Å². The average Bonchev–Trinajstić information content (AvgIpc) is 2.69. The SMILES string of the molecule is NCC(CC(=O)O)c1n[nH]c2c1CCCC2. The fourth-order valence-electron chi connectivity index (χ4n) is 2.35. The second kappa shape index (κ2) is 4.65. The lowest BCUT2D eigenvalue weighted by Gasteiger charge is -2.15. The molecular formula is C11H17N3O2. The lowest BCUT2D eigenvalue weighted by atomic mass is 9.90. The molecule has 0 aliphatic heterocycles. The van der Waals surface area contributed by atoms with Gasteiger partial charge in [0.15, 0.2) is 0 Å². The zero-order valence-corrected chi connectivity index (χ0v) is 9.20. The van der Waals surface area contributed by atoms with Gasteiger partial charge in [0.25, 0.3) is 0 Å². The van der Waals surface area contributed by atoms with Crippen molar-refractivity contribution in [3.63, 3.8) is 0 Å². The number of nitrogens with one attached hydrogen (secondary N) is 1. The number of hydrogen-bond donors (Lipinski definition) is 3. The van der Waals surface area contributed by atoms with Gasteiger partial charge in [-0.1, -0.05) is 0 Å². The standard InChI is InChI=1S/C11H17N3O2/c12-6-7(5-10(15)16)11-8-3-1-2-4-9(8)13-14-11/h7H,1-6,12H2,(H,13,14)(H,15,16). The predicted molar refractivity (Wildman–Crippen MR) is 59.3 cm³/mol. The molecule has 0 saturated carbocycles. The predicted octanol–water partition coefficient (Wildman–Crippen LogP) is 0.805. The smallest absolute Gasteiger partial charge is 0.304 e. The molecule has 1 aliphatic rings. The van der Waals surface area contributed by atoms with Gasteiger partial charge in [0.2, 0.25) is 0 Å². The molecule has 0 amide bonds. The number of nitrogens with zero attached hydrogens (tertiary/aromatic N) is 1. The monoisotopic (exact) mass is 223 g/mol. The third-order valence-electron chi connectivity index (χ3n) is 3.18. The van der Waals surface area contributed by atoms with Crippen LogP contribution in [-0.4, -0.2) is 27.8 Å². The van der Waals surface area contributed by atoms with Crippen molar-refractivity contribution in [3.8, 4) is 0 Å². The average molecular weight is 223 g/mol. The zero-order valence-electron chi connectivity index (χ0n) is 9.20. The second-order valence-electron chi connectivity index (χ2n) is 4.30. The number of nitrogens with two attached hydrogens (primary N) is 1. The molecule has 88 valence electrons. The van der Waals surface area contributed by atoms with E-state index in [-0.39, 0.29) is 12.3 Å². The second-order valence-corrected chi connectivity index (χ2v) is 4.30. The van der Waals surface area contributed by atoms with Crippen LogP contribution in [0.2, 0.25) is 0 Å². The van der Waals surface area contributed by atoms with Crippen molar-refractivity contribution in [1.82, 2.24) is 10.2 Å².